The van der Waals surface area contributed by atoms with Crippen molar-refractivity contribution in [2.24, 2.45) is 5.92 Å². The van der Waals surface area contributed by atoms with Crippen LogP contribution in [0.4, 0.5) is 0 Å². The molecule has 4 nitrogen and oxygen atoms in total. The van der Waals surface area contributed by atoms with Crippen molar-refractivity contribution in [2.45, 2.75) is 43.4 Å². The average molecular weight is 341 g/mol. The average Bonchev–Trinajstić information content (AvgIpc) is 2.55. The van der Waals surface area contributed by atoms with Crippen LogP contribution in [-0.2, 0) is 9.59 Å². The van der Waals surface area contributed by atoms with Gasteiger partial charge in [-0.05, 0) is 37.1 Å². The summed E-state index contributed by atoms with van der Waals surface area (Å²) in [4.78, 5) is 24.7. The van der Waals surface area contributed by atoms with Gasteiger partial charge in [-0.3, -0.25) is 20.4 Å². The molecule has 6 heteroatoms. The predicted molar refractivity (Wildman–Crippen MR) is 89.7 cm³/mol. The van der Waals surface area contributed by atoms with Gasteiger partial charge in [0.05, 0.1) is 0 Å². The summed E-state index contributed by atoms with van der Waals surface area (Å²) in [5, 5.41) is 0.701. The van der Waals surface area contributed by atoms with E-state index in [0.717, 1.165) is 30.6 Å². The Hall–Kier alpha value is -1.20. The lowest BCUT2D eigenvalue weighted by Crippen LogP contribution is -2.45. The van der Waals surface area contributed by atoms with Crippen LogP contribution in [0, 0.1) is 5.92 Å². The smallest absolute Gasteiger partial charge is 0.241 e. The van der Waals surface area contributed by atoms with E-state index < -0.39 is 0 Å². The van der Waals surface area contributed by atoms with Crippen molar-refractivity contribution in [2.75, 3.05) is 5.75 Å². The van der Waals surface area contributed by atoms with Crippen molar-refractivity contribution in [1.82, 2.24) is 10.9 Å². The van der Waals surface area contributed by atoms with Crippen molar-refractivity contribution in [3.8, 4) is 0 Å². The Morgan fingerprint density at radius 3 is 2.45 bits per heavy atom. The maximum atomic E-state index is 11.9. The highest BCUT2D eigenvalue weighted by atomic mass is 35.5. The van der Waals surface area contributed by atoms with Crippen molar-refractivity contribution in [3.05, 3.63) is 29.3 Å². The largest absolute Gasteiger partial charge is 0.273 e. The number of carbonyl (C=O) groups is 2. The molecule has 0 bridgehead atoms. The van der Waals surface area contributed by atoms with E-state index in [1.807, 2.05) is 24.3 Å². The van der Waals surface area contributed by atoms with Crippen molar-refractivity contribution >= 4 is 35.2 Å². The van der Waals surface area contributed by atoms with Gasteiger partial charge in [0, 0.05) is 28.0 Å². The normalized spacial score (nSPS) is 15.3. The Bertz CT molecular complexity index is 501. The third-order valence-corrected chi connectivity index (χ3v) is 4.98. The van der Waals surface area contributed by atoms with E-state index in [-0.39, 0.29) is 17.7 Å². The number of amides is 2. The molecule has 0 atom stereocenters. The number of rotatable bonds is 5. The summed E-state index contributed by atoms with van der Waals surface area (Å²) in [6, 6.07) is 7.51. The third kappa shape index (κ3) is 5.89. The van der Waals surface area contributed by atoms with Gasteiger partial charge in [0.25, 0.3) is 0 Å². The van der Waals surface area contributed by atoms with Gasteiger partial charge in [0.15, 0.2) is 0 Å². The standard InChI is InChI=1S/C16H21ClN2O2S/c17-13-6-8-14(9-7-13)22-11-10-15(20)18-19-16(21)12-4-2-1-3-5-12/h6-9,12H,1-5,10-11H2,(H,18,20)(H,19,21). The van der Waals surface area contributed by atoms with Gasteiger partial charge in [0.2, 0.25) is 11.8 Å². The minimum atomic E-state index is -0.161. The molecule has 1 aromatic carbocycles. The molecule has 1 aliphatic carbocycles. The van der Waals surface area contributed by atoms with Crippen molar-refractivity contribution in [1.29, 1.82) is 0 Å². The van der Waals surface area contributed by atoms with Crippen LogP contribution in [0.5, 0.6) is 0 Å². The molecule has 1 saturated carbocycles. The maximum Gasteiger partial charge on any atom is 0.241 e. The second kappa shape index (κ2) is 9.06. The number of hydrogen-bond acceptors (Lipinski definition) is 3. The number of hydrazine groups is 1. The van der Waals surface area contributed by atoms with Crippen LogP contribution in [0.2, 0.25) is 5.02 Å². The van der Waals surface area contributed by atoms with E-state index in [0.29, 0.717) is 17.2 Å². The van der Waals surface area contributed by atoms with E-state index in [1.54, 1.807) is 11.8 Å². The molecular weight excluding hydrogens is 320 g/mol. The number of hydrogen-bond donors (Lipinski definition) is 2. The molecule has 120 valence electrons. The van der Waals surface area contributed by atoms with Crippen LogP contribution in [0.15, 0.2) is 29.2 Å². The second-order valence-electron chi connectivity index (χ2n) is 5.42. The number of benzene rings is 1. The quantitative estimate of drug-likeness (QED) is 0.636. The molecule has 0 unspecified atom stereocenters. The zero-order valence-corrected chi connectivity index (χ0v) is 14.0. The number of halogens is 1. The molecule has 1 fully saturated rings. The first-order valence-electron chi connectivity index (χ1n) is 7.62. The Labute approximate surface area is 140 Å². The fourth-order valence-electron chi connectivity index (χ4n) is 2.45. The van der Waals surface area contributed by atoms with Crippen LogP contribution < -0.4 is 10.9 Å². The fraction of sp³-hybridized carbons (Fsp3) is 0.500. The molecule has 0 spiro atoms. The minimum Gasteiger partial charge on any atom is -0.273 e. The molecule has 0 heterocycles. The lowest BCUT2D eigenvalue weighted by Gasteiger charge is -2.20. The molecule has 22 heavy (non-hydrogen) atoms. The van der Waals surface area contributed by atoms with Gasteiger partial charge in [-0.25, -0.2) is 0 Å². The molecule has 1 aliphatic rings. The molecular formula is C16H21ClN2O2S. The van der Waals surface area contributed by atoms with Gasteiger partial charge in [-0.2, -0.15) is 0 Å². The topological polar surface area (TPSA) is 58.2 Å². The number of thioether (sulfide) groups is 1. The third-order valence-electron chi connectivity index (χ3n) is 3.71. The molecule has 0 radical (unpaired) electrons. The van der Waals surface area contributed by atoms with Gasteiger partial charge in [-0.1, -0.05) is 30.9 Å². The summed E-state index contributed by atoms with van der Waals surface area (Å²) >= 11 is 7.41. The summed E-state index contributed by atoms with van der Waals surface area (Å²) in [7, 11) is 0. The van der Waals surface area contributed by atoms with E-state index in [9.17, 15) is 9.59 Å². The lowest BCUT2D eigenvalue weighted by atomic mass is 9.89. The summed E-state index contributed by atoms with van der Waals surface area (Å²) < 4.78 is 0. The Kier molecular flexibility index (Phi) is 7.06. The summed E-state index contributed by atoms with van der Waals surface area (Å²) in [5.74, 6) is 0.494. The van der Waals surface area contributed by atoms with Gasteiger partial charge < -0.3 is 0 Å². The van der Waals surface area contributed by atoms with Gasteiger partial charge in [0.1, 0.15) is 0 Å². The second-order valence-corrected chi connectivity index (χ2v) is 7.03. The zero-order chi connectivity index (χ0) is 15.8. The Morgan fingerprint density at radius 1 is 1.09 bits per heavy atom. The highest BCUT2D eigenvalue weighted by Gasteiger charge is 2.21. The fourth-order valence-corrected chi connectivity index (χ4v) is 3.43. The Balaban J connectivity index is 1.61. The lowest BCUT2D eigenvalue weighted by molar-refractivity contribution is -0.131. The van der Waals surface area contributed by atoms with E-state index in [2.05, 4.69) is 10.9 Å². The first-order chi connectivity index (χ1) is 10.6. The molecule has 2 rings (SSSR count). The first-order valence-corrected chi connectivity index (χ1v) is 8.98. The number of carbonyl (C=O) groups excluding carboxylic acids is 2. The first kappa shape index (κ1) is 17.2. The van der Waals surface area contributed by atoms with Crippen LogP contribution >= 0.6 is 23.4 Å². The zero-order valence-electron chi connectivity index (χ0n) is 12.4. The highest BCUT2D eigenvalue weighted by molar-refractivity contribution is 7.99. The van der Waals surface area contributed by atoms with Gasteiger partial charge >= 0.3 is 0 Å². The summed E-state index contributed by atoms with van der Waals surface area (Å²) in [5.41, 5.74) is 5.05. The molecule has 1 aromatic rings. The highest BCUT2D eigenvalue weighted by Crippen LogP contribution is 2.23. The van der Waals surface area contributed by atoms with Crippen LogP contribution in [0.1, 0.15) is 38.5 Å². The molecule has 2 amide bonds. The summed E-state index contributed by atoms with van der Waals surface area (Å²) in [6.45, 7) is 0. The summed E-state index contributed by atoms with van der Waals surface area (Å²) in [6.07, 6.45) is 5.62. The van der Waals surface area contributed by atoms with Crippen LogP contribution in [-0.4, -0.2) is 17.6 Å². The van der Waals surface area contributed by atoms with E-state index in [4.69, 9.17) is 11.6 Å². The molecule has 0 aromatic heterocycles. The van der Waals surface area contributed by atoms with Crippen molar-refractivity contribution < 1.29 is 9.59 Å². The SMILES string of the molecule is O=C(CCSc1ccc(Cl)cc1)NNC(=O)C1CCCCC1. The molecule has 0 aliphatic heterocycles. The maximum absolute atomic E-state index is 11.9. The monoisotopic (exact) mass is 340 g/mol. The van der Waals surface area contributed by atoms with Crippen LogP contribution in [0.3, 0.4) is 0 Å². The predicted octanol–water partition coefficient (Wildman–Crippen LogP) is 3.55. The minimum absolute atomic E-state index is 0.0532. The molecule has 0 saturated heterocycles. The van der Waals surface area contributed by atoms with E-state index in [1.165, 1.54) is 6.42 Å². The molecule has 2 N–H and O–H groups in total. The van der Waals surface area contributed by atoms with E-state index >= 15 is 0 Å². The Morgan fingerprint density at radius 2 is 1.77 bits per heavy atom. The van der Waals surface area contributed by atoms with Gasteiger partial charge in [-0.15, -0.1) is 11.8 Å². The number of nitrogens with one attached hydrogen (secondary N) is 2. The van der Waals surface area contributed by atoms with Crippen LogP contribution in [0.25, 0.3) is 0 Å². The van der Waals surface area contributed by atoms with Crippen molar-refractivity contribution in [3.63, 3.8) is 0 Å².